The van der Waals surface area contributed by atoms with Crippen LogP contribution in [0.25, 0.3) is 0 Å². The molecule has 0 bridgehead atoms. The summed E-state index contributed by atoms with van der Waals surface area (Å²) in [6, 6.07) is 13.7. The minimum Gasteiger partial charge on any atom is -0.504 e. The highest BCUT2D eigenvalue weighted by atomic mass is 79.9. The van der Waals surface area contributed by atoms with Crippen LogP contribution in [0, 0.1) is 0 Å². The topological polar surface area (TPSA) is 41.5 Å². The summed E-state index contributed by atoms with van der Waals surface area (Å²) >= 11 is 3.42. The monoisotopic (exact) mass is 335 g/mol. The van der Waals surface area contributed by atoms with E-state index < -0.39 is 0 Å². The summed E-state index contributed by atoms with van der Waals surface area (Å²) < 4.78 is 6.44. The third-order valence-corrected chi connectivity index (χ3v) is 3.47. The Morgan fingerprint density at radius 2 is 1.85 bits per heavy atom. The van der Waals surface area contributed by atoms with Gasteiger partial charge in [-0.1, -0.05) is 40.2 Å². The average molecular weight is 336 g/mol. The highest BCUT2D eigenvalue weighted by Crippen LogP contribution is 2.29. The smallest absolute Gasteiger partial charge is 0.162 e. The van der Waals surface area contributed by atoms with Crippen molar-refractivity contribution in [3.63, 3.8) is 0 Å². The molecule has 3 nitrogen and oxygen atoms in total. The molecule has 0 aromatic heterocycles. The van der Waals surface area contributed by atoms with Crippen LogP contribution in [0.1, 0.15) is 18.1 Å². The van der Waals surface area contributed by atoms with Gasteiger partial charge in [0.1, 0.15) is 0 Å². The number of ether oxygens (including phenoxy) is 1. The Morgan fingerprint density at radius 3 is 2.55 bits per heavy atom. The lowest BCUT2D eigenvalue weighted by molar-refractivity contribution is 0.316. The normalized spacial score (nSPS) is 10.5. The number of aromatic hydroxyl groups is 1. The molecule has 0 aliphatic heterocycles. The zero-order valence-corrected chi connectivity index (χ0v) is 13.0. The fourth-order valence-electron chi connectivity index (χ4n) is 1.93. The van der Waals surface area contributed by atoms with Gasteiger partial charge in [0.2, 0.25) is 0 Å². The van der Waals surface area contributed by atoms with Gasteiger partial charge < -0.3 is 15.2 Å². The van der Waals surface area contributed by atoms with Crippen molar-refractivity contribution in [2.24, 2.45) is 0 Å². The van der Waals surface area contributed by atoms with Gasteiger partial charge in [0.05, 0.1) is 6.61 Å². The molecule has 0 heterocycles. The standard InChI is InChI=1S/C16H18BrNO2/c1-2-20-15-5-3-4-13(16(15)19)11-18-10-12-6-8-14(17)9-7-12/h3-9,18-19H,2,10-11H2,1H3. The molecule has 2 N–H and O–H groups in total. The van der Waals surface area contributed by atoms with Crippen molar-refractivity contribution in [1.82, 2.24) is 5.32 Å². The molecule has 0 atom stereocenters. The van der Waals surface area contributed by atoms with Crippen LogP contribution in [0.3, 0.4) is 0 Å². The van der Waals surface area contributed by atoms with Crippen molar-refractivity contribution < 1.29 is 9.84 Å². The number of nitrogens with one attached hydrogen (secondary N) is 1. The summed E-state index contributed by atoms with van der Waals surface area (Å²) in [7, 11) is 0. The molecule has 2 aromatic carbocycles. The predicted octanol–water partition coefficient (Wildman–Crippen LogP) is 3.84. The third kappa shape index (κ3) is 3.99. The molecule has 20 heavy (non-hydrogen) atoms. The quantitative estimate of drug-likeness (QED) is 0.842. The lowest BCUT2D eigenvalue weighted by Gasteiger charge is -2.11. The number of hydrogen-bond acceptors (Lipinski definition) is 3. The first-order valence-electron chi connectivity index (χ1n) is 6.59. The highest BCUT2D eigenvalue weighted by molar-refractivity contribution is 9.10. The van der Waals surface area contributed by atoms with Gasteiger partial charge in [0, 0.05) is 23.1 Å². The molecular formula is C16H18BrNO2. The first-order valence-corrected chi connectivity index (χ1v) is 7.39. The lowest BCUT2D eigenvalue weighted by atomic mass is 10.1. The van der Waals surface area contributed by atoms with Gasteiger partial charge in [-0.3, -0.25) is 0 Å². The number of rotatable bonds is 6. The van der Waals surface area contributed by atoms with Gasteiger partial charge >= 0.3 is 0 Å². The summed E-state index contributed by atoms with van der Waals surface area (Å²) in [4.78, 5) is 0. The number of hydrogen-bond donors (Lipinski definition) is 2. The maximum atomic E-state index is 10.1. The molecule has 0 amide bonds. The van der Waals surface area contributed by atoms with Gasteiger partial charge in [0.15, 0.2) is 11.5 Å². The van der Waals surface area contributed by atoms with Crippen molar-refractivity contribution in [2.45, 2.75) is 20.0 Å². The number of para-hydroxylation sites is 1. The van der Waals surface area contributed by atoms with Gasteiger partial charge in [-0.05, 0) is 30.7 Å². The van der Waals surface area contributed by atoms with Crippen molar-refractivity contribution in [3.05, 3.63) is 58.1 Å². The molecule has 0 aliphatic carbocycles. The summed E-state index contributed by atoms with van der Waals surface area (Å²) in [5, 5.41) is 13.4. The number of phenols is 1. The Morgan fingerprint density at radius 1 is 1.10 bits per heavy atom. The molecule has 0 saturated carbocycles. The van der Waals surface area contributed by atoms with Gasteiger partial charge in [-0.25, -0.2) is 0 Å². The Hall–Kier alpha value is -1.52. The molecule has 0 saturated heterocycles. The van der Waals surface area contributed by atoms with Gasteiger partial charge in [0.25, 0.3) is 0 Å². The van der Waals surface area contributed by atoms with Crippen molar-refractivity contribution >= 4 is 15.9 Å². The second-order valence-electron chi connectivity index (χ2n) is 4.43. The number of benzene rings is 2. The van der Waals surface area contributed by atoms with Crippen LogP contribution < -0.4 is 10.1 Å². The Balaban J connectivity index is 1.94. The molecule has 2 aromatic rings. The number of halogens is 1. The lowest BCUT2D eigenvalue weighted by Crippen LogP contribution is -2.12. The summed E-state index contributed by atoms with van der Waals surface area (Å²) in [5.74, 6) is 0.757. The molecule has 0 unspecified atom stereocenters. The van der Waals surface area contributed by atoms with Crippen LogP contribution in [0.5, 0.6) is 11.5 Å². The van der Waals surface area contributed by atoms with E-state index in [1.165, 1.54) is 5.56 Å². The minimum absolute atomic E-state index is 0.220. The van der Waals surface area contributed by atoms with E-state index in [4.69, 9.17) is 4.74 Å². The maximum Gasteiger partial charge on any atom is 0.162 e. The van der Waals surface area contributed by atoms with Gasteiger partial charge in [-0.15, -0.1) is 0 Å². The maximum absolute atomic E-state index is 10.1. The molecular weight excluding hydrogens is 318 g/mol. The van der Waals surface area contributed by atoms with E-state index in [1.807, 2.05) is 31.2 Å². The predicted molar refractivity (Wildman–Crippen MR) is 84.0 cm³/mol. The van der Waals surface area contributed by atoms with Crippen molar-refractivity contribution in [1.29, 1.82) is 0 Å². The minimum atomic E-state index is 0.220. The molecule has 0 aliphatic rings. The van der Waals surface area contributed by atoms with Crippen LogP contribution in [0.2, 0.25) is 0 Å². The van der Waals surface area contributed by atoms with Gasteiger partial charge in [-0.2, -0.15) is 0 Å². The second-order valence-corrected chi connectivity index (χ2v) is 5.34. The number of phenolic OH excluding ortho intramolecular Hbond substituents is 1. The summed E-state index contributed by atoms with van der Waals surface area (Å²) in [6.45, 7) is 3.80. The van der Waals surface area contributed by atoms with Crippen LogP contribution in [-0.4, -0.2) is 11.7 Å². The fraction of sp³-hybridized carbons (Fsp3) is 0.250. The zero-order chi connectivity index (χ0) is 14.4. The summed E-state index contributed by atoms with van der Waals surface area (Å²) in [6.07, 6.45) is 0. The second kappa shape index (κ2) is 7.31. The first-order chi connectivity index (χ1) is 9.70. The van der Waals surface area contributed by atoms with Crippen LogP contribution >= 0.6 is 15.9 Å². The molecule has 0 radical (unpaired) electrons. The Labute approximate surface area is 127 Å². The van der Waals surface area contributed by atoms with Crippen molar-refractivity contribution in [2.75, 3.05) is 6.61 Å². The van der Waals surface area contributed by atoms with Crippen LogP contribution in [-0.2, 0) is 13.1 Å². The SMILES string of the molecule is CCOc1cccc(CNCc2ccc(Br)cc2)c1O. The van der Waals surface area contributed by atoms with Crippen LogP contribution in [0.15, 0.2) is 46.9 Å². The van der Waals surface area contributed by atoms with Crippen molar-refractivity contribution in [3.8, 4) is 11.5 Å². The molecule has 4 heteroatoms. The molecule has 0 spiro atoms. The zero-order valence-electron chi connectivity index (χ0n) is 11.4. The fourth-order valence-corrected chi connectivity index (χ4v) is 2.19. The molecule has 0 fully saturated rings. The van der Waals surface area contributed by atoms with E-state index in [2.05, 4.69) is 33.4 Å². The van der Waals surface area contributed by atoms with E-state index in [9.17, 15) is 5.11 Å². The third-order valence-electron chi connectivity index (χ3n) is 2.94. The van der Waals surface area contributed by atoms with E-state index in [-0.39, 0.29) is 5.75 Å². The first kappa shape index (κ1) is 14.9. The Bertz CT molecular complexity index is 555. The average Bonchev–Trinajstić information content (AvgIpc) is 2.45. The summed E-state index contributed by atoms with van der Waals surface area (Å²) in [5.41, 5.74) is 2.04. The molecule has 2 rings (SSSR count). The van der Waals surface area contributed by atoms with Crippen LogP contribution in [0.4, 0.5) is 0 Å². The van der Waals surface area contributed by atoms with E-state index in [1.54, 1.807) is 6.07 Å². The van der Waals surface area contributed by atoms with E-state index in [0.717, 1.165) is 16.6 Å². The Kier molecular flexibility index (Phi) is 5.44. The highest BCUT2D eigenvalue weighted by Gasteiger charge is 2.07. The van der Waals surface area contributed by atoms with E-state index in [0.29, 0.717) is 18.9 Å². The largest absolute Gasteiger partial charge is 0.504 e. The molecule has 106 valence electrons. The van der Waals surface area contributed by atoms with E-state index >= 15 is 0 Å².